The lowest BCUT2D eigenvalue weighted by Crippen LogP contribution is -2.30. The van der Waals surface area contributed by atoms with Crippen LogP contribution in [-0.2, 0) is 13.9 Å². The van der Waals surface area contributed by atoms with Crippen LogP contribution in [0.15, 0.2) is 0 Å². The molecule has 0 aliphatic heterocycles. The molecule has 0 aromatic heterocycles. The minimum Gasteiger partial charge on any atom is -0.419 e. The fourth-order valence-electron chi connectivity index (χ4n) is 2.70. The molecule has 146 valence electrons. The van der Waals surface area contributed by atoms with E-state index in [0.29, 0.717) is 0 Å². The Morgan fingerprint density at radius 2 is 1.17 bits per heavy atom. The van der Waals surface area contributed by atoms with Crippen LogP contribution in [0.5, 0.6) is 0 Å². The van der Waals surface area contributed by atoms with Gasteiger partial charge in [0.1, 0.15) is 0 Å². The molecule has 0 fully saturated rings. The molecule has 0 bridgehead atoms. The van der Waals surface area contributed by atoms with Crippen molar-refractivity contribution in [2.24, 2.45) is 0 Å². The molecular formula is C20H44O3Si. The highest BCUT2D eigenvalue weighted by molar-refractivity contribution is 6.55. The third kappa shape index (κ3) is 10.2. The van der Waals surface area contributed by atoms with Gasteiger partial charge in [-0.25, -0.2) is 0 Å². The molecule has 0 saturated heterocycles. The zero-order chi connectivity index (χ0) is 18.5. The van der Waals surface area contributed by atoms with Crippen molar-refractivity contribution in [3.8, 4) is 0 Å². The Hall–Kier alpha value is 0.0969. The molecule has 0 heterocycles. The van der Waals surface area contributed by atoms with E-state index in [-0.39, 0.29) is 18.5 Å². The average Bonchev–Trinajstić information content (AvgIpc) is 2.59. The van der Waals surface area contributed by atoms with E-state index >= 15 is 0 Å². The van der Waals surface area contributed by atoms with Gasteiger partial charge >= 0.3 is 0 Å². The highest BCUT2D eigenvalue weighted by Gasteiger charge is 2.25. The lowest BCUT2D eigenvalue weighted by Gasteiger charge is -2.28. The van der Waals surface area contributed by atoms with Crippen LogP contribution in [0.4, 0.5) is 0 Å². The van der Waals surface area contributed by atoms with E-state index in [0.717, 1.165) is 43.4 Å². The molecule has 0 N–H and O–H groups in total. The molecule has 3 nitrogen and oxygen atoms in total. The van der Waals surface area contributed by atoms with E-state index in [1.54, 1.807) is 0 Å². The van der Waals surface area contributed by atoms with E-state index in [1.165, 1.54) is 12.8 Å². The minimum atomic E-state index is -1.14. The molecule has 0 spiro atoms. The van der Waals surface area contributed by atoms with E-state index in [2.05, 4.69) is 55.4 Å². The first kappa shape index (κ1) is 24.1. The van der Waals surface area contributed by atoms with Gasteiger partial charge in [0.2, 0.25) is 0 Å². The number of rotatable bonds is 15. The van der Waals surface area contributed by atoms with E-state index in [4.69, 9.17) is 13.9 Å². The van der Waals surface area contributed by atoms with Gasteiger partial charge in [0.25, 0.3) is 0 Å². The summed E-state index contributed by atoms with van der Waals surface area (Å²) in [4.78, 5) is 0. The molecular weight excluding hydrogens is 316 g/mol. The Labute approximate surface area is 153 Å². The van der Waals surface area contributed by atoms with Crippen LogP contribution in [0.1, 0.15) is 93.9 Å². The first-order chi connectivity index (χ1) is 11.4. The van der Waals surface area contributed by atoms with Crippen molar-refractivity contribution < 1.29 is 13.9 Å². The highest BCUT2D eigenvalue weighted by Crippen LogP contribution is 2.27. The number of hydrogen-bond donors (Lipinski definition) is 0. The Kier molecular flexibility index (Phi) is 14.3. The van der Waals surface area contributed by atoms with Gasteiger partial charge in [-0.15, -0.1) is 0 Å². The zero-order valence-electron chi connectivity index (χ0n) is 17.6. The number of hydrogen-bond acceptors (Lipinski definition) is 3. The molecule has 4 atom stereocenters. The summed E-state index contributed by atoms with van der Waals surface area (Å²) in [7, 11) is -1.14. The van der Waals surface area contributed by atoms with Gasteiger partial charge in [0, 0.05) is 13.0 Å². The van der Waals surface area contributed by atoms with Crippen LogP contribution in [0.2, 0.25) is 11.1 Å². The smallest absolute Gasteiger partial charge is 0.182 e. The molecule has 0 aliphatic carbocycles. The molecule has 0 rings (SSSR count). The summed E-state index contributed by atoms with van der Waals surface area (Å²) in [5.41, 5.74) is 1.51. The SMILES string of the molecule is CCC(C)OC(CCCO[SiH](C(C)CC)C(C)CC)OC(C)CC. The second-order valence-electron chi connectivity index (χ2n) is 7.39. The predicted octanol–water partition coefficient (Wildman–Crippen LogP) is 6.06. The van der Waals surface area contributed by atoms with Crippen LogP contribution in [-0.4, -0.2) is 34.1 Å². The first-order valence-electron chi connectivity index (χ1n) is 10.3. The second-order valence-corrected chi connectivity index (χ2v) is 10.9. The predicted molar refractivity (Wildman–Crippen MR) is 107 cm³/mol. The summed E-state index contributed by atoms with van der Waals surface area (Å²) in [6, 6.07) is 0. The number of ether oxygens (including phenoxy) is 2. The van der Waals surface area contributed by atoms with Crippen LogP contribution >= 0.6 is 0 Å². The van der Waals surface area contributed by atoms with Gasteiger partial charge in [-0.3, -0.25) is 0 Å². The van der Waals surface area contributed by atoms with Crippen molar-refractivity contribution in [3.05, 3.63) is 0 Å². The molecule has 0 radical (unpaired) electrons. The fourth-order valence-corrected chi connectivity index (χ4v) is 5.85. The summed E-state index contributed by atoms with van der Waals surface area (Å²) < 4.78 is 18.5. The van der Waals surface area contributed by atoms with E-state index in [1.807, 2.05) is 0 Å². The fraction of sp³-hybridized carbons (Fsp3) is 1.00. The van der Waals surface area contributed by atoms with Gasteiger partial charge in [-0.2, -0.15) is 0 Å². The van der Waals surface area contributed by atoms with Crippen molar-refractivity contribution >= 4 is 9.04 Å². The topological polar surface area (TPSA) is 27.7 Å². The van der Waals surface area contributed by atoms with Crippen LogP contribution < -0.4 is 0 Å². The Morgan fingerprint density at radius 3 is 1.54 bits per heavy atom. The third-order valence-corrected chi connectivity index (χ3v) is 9.03. The van der Waals surface area contributed by atoms with Crippen LogP contribution in [0.3, 0.4) is 0 Å². The molecule has 0 aromatic rings. The average molecular weight is 361 g/mol. The Bertz CT molecular complexity index is 266. The van der Waals surface area contributed by atoms with E-state index in [9.17, 15) is 0 Å². The van der Waals surface area contributed by atoms with Gasteiger partial charge in [-0.1, -0.05) is 54.4 Å². The van der Waals surface area contributed by atoms with Crippen molar-refractivity contribution in [2.75, 3.05) is 6.61 Å². The van der Waals surface area contributed by atoms with Gasteiger partial charge < -0.3 is 13.9 Å². The zero-order valence-corrected chi connectivity index (χ0v) is 18.8. The van der Waals surface area contributed by atoms with Gasteiger partial charge in [-0.05, 0) is 44.2 Å². The van der Waals surface area contributed by atoms with Crippen LogP contribution in [0.25, 0.3) is 0 Å². The maximum Gasteiger partial charge on any atom is 0.182 e. The van der Waals surface area contributed by atoms with Crippen molar-refractivity contribution in [1.82, 2.24) is 0 Å². The molecule has 24 heavy (non-hydrogen) atoms. The molecule has 0 aliphatic rings. The Balaban J connectivity index is 4.36. The normalized spacial score (nSPS) is 19.5. The van der Waals surface area contributed by atoms with E-state index < -0.39 is 9.04 Å². The van der Waals surface area contributed by atoms with Crippen molar-refractivity contribution in [2.45, 2.75) is 123 Å². The maximum absolute atomic E-state index is 6.39. The van der Waals surface area contributed by atoms with Crippen LogP contribution in [0, 0.1) is 0 Å². The second kappa shape index (κ2) is 14.3. The molecule has 0 saturated carbocycles. The molecule has 4 unspecified atom stereocenters. The quantitative estimate of drug-likeness (QED) is 0.202. The summed E-state index contributed by atoms with van der Waals surface area (Å²) in [6.07, 6.45) is 6.87. The summed E-state index contributed by atoms with van der Waals surface area (Å²) >= 11 is 0. The molecule has 4 heteroatoms. The summed E-state index contributed by atoms with van der Waals surface area (Å²) in [6.45, 7) is 18.7. The monoisotopic (exact) mass is 360 g/mol. The first-order valence-corrected chi connectivity index (χ1v) is 12.1. The van der Waals surface area contributed by atoms with Crippen molar-refractivity contribution in [1.29, 1.82) is 0 Å². The molecule has 0 amide bonds. The summed E-state index contributed by atoms with van der Waals surface area (Å²) in [5, 5.41) is 0. The summed E-state index contributed by atoms with van der Waals surface area (Å²) in [5.74, 6) is 0. The lowest BCUT2D eigenvalue weighted by molar-refractivity contribution is -0.192. The highest BCUT2D eigenvalue weighted by atomic mass is 28.3. The largest absolute Gasteiger partial charge is 0.419 e. The minimum absolute atomic E-state index is 0.0918. The van der Waals surface area contributed by atoms with Gasteiger partial charge in [0.05, 0.1) is 12.2 Å². The van der Waals surface area contributed by atoms with Crippen molar-refractivity contribution in [3.63, 3.8) is 0 Å². The third-order valence-electron chi connectivity index (χ3n) is 5.22. The molecule has 0 aromatic carbocycles. The lowest BCUT2D eigenvalue weighted by atomic mass is 10.2. The maximum atomic E-state index is 6.39. The standard InChI is InChI=1S/C20H44O3Si/c1-9-16(5)22-20(23-17(6)10-2)14-13-15-21-24(18(7)11-3)19(8)12-4/h16-20,24H,9-15H2,1-8H3. The Morgan fingerprint density at radius 1 is 0.708 bits per heavy atom. The van der Waals surface area contributed by atoms with Gasteiger partial charge in [0.15, 0.2) is 15.3 Å².